The molecule has 0 spiro atoms. The molecule has 0 saturated heterocycles. The van der Waals surface area contributed by atoms with Crippen LogP contribution in [0.5, 0.6) is 5.75 Å². The van der Waals surface area contributed by atoms with Crippen LogP contribution >= 0.6 is 11.6 Å². The Kier molecular flexibility index (Phi) is 6.95. The summed E-state index contributed by atoms with van der Waals surface area (Å²) in [5, 5.41) is 4.37. The van der Waals surface area contributed by atoms with Crippen molar-refractivity contribution in [3.8, 4) is 5.75 Å². The molecule has 3 aromatic rings. The molecular formula is C24H24ClNO. The zero-order valence-electron chi connectivity index (χ0n) is 15.4. The second-order valence-electron chi connectivity index (χ2n) is 6.34. The molecule has 0 radical (unpaired) electrons. The Labute approximate surface area is 166 Å². The van der Waals surface area contributed by atoms with E-state index in [1.54, 1.807) is 7.11 Å². The quantitative estimate of drug-likeness (QED) is 0.441. The van der Waals surface area contributed by atoms with Crippen molar-refractivity contribution in [1.29, 1.82) is 0 Å². The second kappa shape index (κ2) is 9.84. The normalized spacial score (nSPS) is 12.1. The third kappa shape index (κ3) is 5.63. The molecule has 2 nitrogen and oxygen atoms in total. The highest BCUT2D eigenvalue weighted by Gasteiger charge is 2.13. The standard InChI is InChI=1S/C24H24ClNO/c1-27-21-17-15-20(16-18-21)26-24(22-12-6-7-13-23(22)25)14-8-5-11-19-9-3-2-4-10-19/h2-10,12-13,15-18,24,26H,11,14H2,1H3/b8-5+. The fourth-order valence-electron chi connectivity index (χ4n) is 2.98. The molecule has 0 aliphatic carbocycles. The van der Waals surface area contributed by atoms with E-state index >= 15 is 0 Å². The number of anilines is 1. The van der Waals surface area contributed by atoms with E-state index in [1.165, 1.54) is 5.56 Å². The van der Waals surface area contributed by atoms with Crippen molar-refractivity contribution in [3.63, 3.8) is 0 Å². The Morgan fingerprint density at radius 2 is 1.59 bits per heavy atom. The Morgan fingerprint density at radius 1 is 0.889 bits per heavy atom. The summed E-state index contributed by atoms with van der Waals surface area (Å²) in [5.74, 6) is 0.845. The van der Waals surface area contributed by atoms with E-state index in [-0.39, 0.29) is 6.04 Å². The summed E-state index contributed by atoms with van der Waals surface area (Å²) in [5.41, 5.74) is 3.45. The van der Waals surface area contributed by atoms with Crippen LogP contribution in [0.3, 0.4) is 0 Å². The number of ether oxygens (including phenoxy) is 1. The van der Waals surface area contributed by atoms with Crippen LogP contribution in [-0.2, 0) is 6.42 Å². The van der Waals surface area contributed by atoms with E-state index < -0.39 is 0 Å². The molecule has 0 fully saturated rings. The molecule has 0 aromatic heterocycles. The first-order valence-electron chi connectivity index (χ1n) is 9.10. The average molecular weight is 378 g/mol. The molecule has 3 aromatic carbocycles. The van der Waals surface area contributed by atoms with Gasteiger partial charge >= 0.3 is 0 Å². The molecule has 0 aliphatic heterocycles. The predicted molar refractivity (Wildman–Crippen MR) is 115 cm³/mol. The minimum absolute atomic E-state index is 0.0964. The van der Waals surface area contributed by atoms with Gasteiger partial charge in [-0.3, -0.25) is 0 Å². The molecule has 27 heavy (non-hydrogen) atoms. The number of benzene rings is 3. The van der Waals surface area contributed by atoms with Crippen molar-refractivity contribution < 1.29 is 4.74 Å². The van der Waals surface area contributed by atoms with Crippen molar-refractivity contribution in [2.75, 3.05) is 12.4 Å². The minimum Gasteiger partial charge on any atom is -0.497 e. The summed E-state index contributed by atoms with van der Waals surface area (Å²) in [6, 6.07) is 26.5. The smallest absolute Gasteiger partial charge is 0.119 e. The van der Waals surface area contributed by atoms with Crippen LogP contribution in [0, 0.1) is 0 Å². The van der Waals surface area contributed by atoms with Crippen LogP contribution in [0.1, 0.15) is 23.6 Å². The van der Waals surface area contributed by atoms with Gasteiger partial charge in [0.05, 0.1) is 13.2 Å². The van der Waals surface area contributed by atoms with Gasteiger partial charge in [0.15, 0.2) is 0 Å². The van der Waals surface area contributed by atoms with E-state index in [4.69, 9.17) is 16.3 Å². The van der Waals surface area contributed by atoms with Crippen LogP contribution < -0.4 is 10.1 Å². The van der Waals surface area contributed by atoms with Crippen molar-refractivity contribution >= 4 is 17.3 Å². The van der Waals surface area contributed by atoms with Gasteiger partial charge in [-0.2, -0.15) is 0 Å². The molecule has 1 N–H and O–H groups in total. The van der Waals surface area contributed by atoms with E-state index in [0.717, 1.165) is 34.9 Å². The summed E-state index contributed by atoms with van der Waals surface area (Å²) in [6.07, 6.45) is 6.22. The molecule has 3 heteroatoms. The van der Waals surface area contributed by atoms with Gasteiger partial charge in [0.1, 0.15) is 5.75 Å². The Bertz CT molecular complexity index is 859. The first kappa shape index (κ1) is 19.1. The number of allylic oxidation sites excluding steroid dienone is 1. The lowest BCUT2D eigenvalue weighted by molar-refractivity contribution is 0.415. The van der Waals surface area contributed by atoms with Gasteiger partial charge in [-0.25, -0.2) is 0 Å². The molecule has 1 atom stereocenters. The van der Waals surface area contributed by atoms with E-state index in [2.05, 4.69) is 47.8 Å². The topological polar surface area (TPSA) is 21.3 Å². The monoisotopic (exact) mass is 377 g/mol. The van der Waals surface area contributed by atoms with Crippen LogP contribution in [0.4, 0.5) is 5.69 Å². The maximum Gasteiger partial charge on any atom is 0.119 e. The Morgan fingerprint density at radius 3 is 2.30 bits per heavy atom. The number of hydrogen-bond acceptors (Lipinski definition) is 2. The molecule has 138 valence electrons. The molecule has 1 unspecified atom stereocenters. The third-order valence-electron chi connectivity index (χ3n) is 4.45. The maximum absolute atomic E-state index is 6.46. The lowest BCUT2D eigenvalue weighted by Gasteiger charge is -2.20. The lowest BCUT2D eigenvalue weighted by Crippen LogP contribution is -2.10. The van der Waals surface area contributed by atoms with Gasteiger partial charge in [0.2, 0.25) is 0 Å². The largest absolute Gasteiger partial charge is 0.497 e. The molecule has 0 aliphatic rings. The Hall–Kier alpha value is -2.71. The first-order chi connectivity index (χ1) is 13.3. The molecule has 0 bridgehead atoms. The Balaban J connectivity index is 1.72. The summed E-state index contributed by atoms with van der Waals surface area (Å²) in [4.78, 5) is 0. The zero-order chi connectivity index (χ0) is 18.9. The van der Waals surface area contributed by atoms with Gasteiger partial charge in [0.25, 0.3) is 0 Å². The SMILES string of the molecule is COc1ccc(NC(C/C=C/Cc2ccccc2)c2ccccc2Cl)cc1. The molecule has 0 amide bonds. The van der Waals surface area contributed by atoms with E-state index in [9.17, 15) is 0 Å². The summed E-state index contributed by atoms with van der Waals surface area (Å²) < 4.78 is 5.24. The van der Waals surface area contributed by atoms with Gasteiger partial charge < -0.3 is 10.1 Å². The van der Waals surface area contributed by atoms with Crippen LogP contribution in [0.25, 0.3) is 0 Å². The second-order valence-corrected chi connectivity index (χ2v) is 6.75. The fourth-order valence-corrected chi connectivity index (χ4v) is 3.24. The highest BCUT2D eigenvalue weighted by atomic mass is 35.5. The van der Waals surface area contributed by atoms with Gasteiger partial charge in [-0.1, -0.05) is 72.3 Å². The molecular weight excluding hydrogens is 354 g/mol. The summed E-state index contributed by atoms with van der Waals surface area (Å²) in [7, 11) is 1.67. The number of hydrogen-bond donors (Lipinski definition) is 1. The van der Waals surface area contributed by atoms with Crippen LogP contribution in [0.2, 0.25) is 5.02 Å². The number of methoxy groups -OCH3 is 1. The summed E-state index contributed by atoms with van der Waals surface area (Å²) in [6.45, 7) is 0. The summed E-state index contributed by atoms with van der Waals surface area (Å²) >= 11 is 6.46. The highest BCUT2D eigenvalue weighted by molar-refractivity contribution is 6.31. The van der Waals surface area contributed by atoms with Crippen molar-refractivity contribution in [2.45, 2.75) is 18.9 Å². The van der Waals surface area contributed by atoms with Crippen LogP contribution in [-0.4, -0.2) is 7.11 Å². The van der Waals surface area contributed by atoms with Gasteiger partial charge in [-0.15, -0.1) is 0 Å². The number of rotatable bonds is 8. The maximum atomic E-state index is 6.46. The van der Waals surface area contributed by atoms with E-state index in [1.807, 2.05) is 48.5 Å². The minimum atomic E-state index is 0.0964. The van der Waals surface area contributed by atoms with E-state index in [0.29, 0.717) is 0 Å². The van der Waals surface area contributed by atoms with Crippen LogP contribution in [0.15, 0.2) is 91.0 Å². The van der Waals surface area contributed by atoms with Gasteiger partial charge in [-0.05, 0) is 54.3 Å². The molecule has 0 saturated carbocycles. The van der Waals surface area contributed by atoms with Crippen molar-refractivity contribution in [2.24, 2.45) is 0 Å². The number of halogens is 1. The lowest BCUT2D eigenvalue weighted by atomic mass is 10.0. The molecule has 3 rings (SSSR count). The highest BCUT2D eigenvalue weighted by Crippen LogP contribution is 2.29. The first-order valence-corrected chi connectivity index (χ1v) is 9.48. The predicted octanol–water partition coefficient (Wildman–Crippen LogP) is 6.69. The van der Waals surface area contributed by atoms with Crippen molar-refractivity contribution in [1.82, 2.24) is 0 Å². The average Bonchev–Trinajstić information content (AvgIpc) is 2.72. The van der Waals surface area contributed by atoms with Gasteiger partial charge in [0, 0.05) is 10.7 Å². The third-order valence-corrected chi connectivity index (χ3v) is 4.79. The molecule has 0 heterocycles. The number of nitrogens with one attached hydrogen (secondary N) is 1. The van der Waals surface area contributed by atoms with Crippen molar-refractivity contribution in [3.05, 3.63) is 107 Å². The zero-order valence-corrected chi connectivity index (χ0v) is 16.2. The fraction of sp³-hybridized carbons (Fsp3) is 0.167.